The van der Waals surface area contributed by atoms with Gasteiger partial charge in [-0.3, -0.25) is 4.79 Å². The lowest BCUT2D eigenvalue weighted by Gasteiger charge is -2.30. The molecule has 29 heavy (non-hydrogen) atoms. The molecule has 1 N–H and O–H groups in total. The molecule has 6 nitrogen and oxygen atoms in total. The maximum atomic E-state index is 12.7. The third-order valence-corrected chi connectivity index (χ3v) is 7.13. The Bertz CT molecular complexity index is 934. The second kappa shape index (κ2) is 9.41. The van der Waals surface area contributed by atoms with Gasteiger partial charge in [0, 0.05) is 25.6 Å². The van der Waals surface area contributed by atoms with Crippen molar-refractivity contribution in [1.29, 1.82) is 0 Å². The minimum Gasteiger partial charge on any atom is -0.497 e. The Hall–Kier alpha value is -2.38. The number of amides is 1. The van der Waals surface area contributed by atoms with Gasteiger partial charge in [-0.2, -0.15) is 0 Å². The predicted molar refractivity (Wildman–Crippen MR) is 113 cm³/mol. The number of ether oxygens (including phenoxy) is 1. The van der Waals surface area contributed by atoms with Crippen LogP contribution in [0.3, 0.4) is 0 Å². The summed E-state index contributed by atoms with van der Waals surface area (Å²) in [5, 5.41) is 2.96. The highest BCUT2D eigenvalue weighted by atomic mass is 32.2. The molecule has 0 radical (unpaired) electrons. The summed E-state index contributed by atoms with van der Waals surface area (Å²) in [4.78, 5) is 12.5. The van der Waals surface area contributed by atoms with Gasteiger partial charge in [0.05, 0.1) is 12.9 Å². The summed E-state index contributed by atoms with van der Waals surface area (Å²) in [7, 11) is -1.76. The molecule has 0 saturated carbocycles. The van der Waals surface area contributed by atoms with Gasteiger partial charge in [0.25, 0.3) is 0 Å². The average molecular weight is 417 g/mol. The van der Waals surface area contributed by atoms with Crippen LogP contribution in [0.5, 0.6) is 5.75 Å². The number of carbonyl (C=O) groups is 1. The standard InChI is InChI=1S/C22H28N2O4S/c1-17-4-3-5-19(14-17)16-29(26,27)24-12-10-20(11-13-24)22(25)23-15-18-6-8-21(28-2)9-7-18/h3-9,14,20H,10-13,15-16H2,1-2H3,(H,23,25). The van der Waals surface area contributed by atoms with Crippen LogP contribution in [0.15, 0.2) is 48.5 Å². The van der Waals surface area contributed by atoms with E-state index in [0.717, 1.165) is 22.4 Å². The van der Waals surface area contributed by atoms with E-state index < -0.39 is 10.0 Å². The van der Waals surface area contributed by atoms with E-state index in [1.54, 1.807) is 7.11 Å². The van der Waals surface area contributed by atoms with Gasteiger partial charge in [-0.25, -0.2) is 12.7 Å². The van der Waals surface area contributed by atoms with E-state index in [-0.39, 0.29) is 17.6 Å². The van der Waals surface area contributed by atoms with E-state index in [1.807, 2.05) is 55.5 Å². The van der Waals surface area contributed by atoms with Crippen molar-refractivity contribution in [3.8, 4) is 5.75 Å². The number of aryl methyl sites for hydroxylation is 1. The van der Waals surface area contributed by atoms with E-state index in [4.69, 9.17) is 4.74 Å². The summed E-state index contributed by atoms with van der Waals surface area (Å²) in [6.45, 7) is 3.17. The molecule has 2 aromatic carbocycles. The van der Waals surface area contributed by atoms with Gasteiger partial charge < -0.3 is 10.1 Å². The molecule has 0 aliphatic carbocycles. The van der Waals surface area contributed by atoms with Gasteiger partial charge in [0.1, 0.15) is 5.75 Å². The minimum atomic E-state index is -3.37. The Morgan fingerprint density at radius 3 is 2.41 bits per heavy atom. The van der Waals surface area contributed by atoms with Crippen molar-refractivity contribution >= 4 is 15.9 Å². The number of hydrogen-bond donors (Lipinski definition) is 1. The SMILES string of the molecule is COc1ccc(CNC(=O)C2CCN(S(=O)(=O)Cc3cccc(C)c3)CC2)cc1. The fourth-order valence-corrected chi connectivity index (χ4v) is 5.13. The summed E-state index contributed by atoms with van der Waals surface area (Å²) < 4.78 is 32.1. The number of carbonyl (C=O) groups excluding carboxylic acids is 1. The lowest BCUT2D eigenvalue weighted by atomic mass is 9.97. The molecule has 1 aliphatic rings. The van der Waals surface area contributed by atoms with Crippen molar-refractivity contribution in [2.24, 2.45) is 5.92 Å². The maximum Gasteiger partial charge on any atom is 0.223 e. The molecule has 1 fully saturated rings. The van der Waals surface area contributed by atoms with Crippen LogP contribution in [0, 0.1) is 12.8 Å². The van der Waals surface area contributed by atoms with Gasteiger partial charge in [-0.15, -0.1) is 0 Å². The molecule has 156 valence electrons. The Morgan fingerprint density at radius 2 is 1.79 bits per heavy atom. The van der Waals surface area contributed by atoms with E-state index >= 15 is 0 Å². The molecular weight excluding hydrogens is 388 g/mol. The van der Waals surface area contributed by atoms with Crippen molar-refractivity contribution in [2.75, 3.05) is 20.2 Å². The number of hydrogen-bond acceptors (Lipinski definition) is 4. The molecular formula is C22H28N2O4S. The van der Waals surface area contributed by atoms with Crippen molar-refractivity contribution < 1.29 is 17.9 Å². The molecule has 1 heterocycles. The molecule has 0 aromatic heterocycles. The second-order valence-electron chi connectivity index (χ2n) is 7.48. The third kappa shape index (κ3) is 5.81. The average Bonchev–Trinajstić information content (AvgIpc) is 2.72. The van der Waals surface area contributed by atoms with Crippen molar-refractivity contribution in [3.05, 3.63) is 65.2 Å². The first-order chi connectivity index (χ1) is 13.9. The summed E-state index contributed by atoms with van der Waals surface area (Å²) in [5.41, 5.74) is 2.84. The van der Waals surface area contributed by atoms with Crippen molar-refractivity contribution in [1.82, 2.24) is 9.62 Å². The number of sulfonamides is 1. The molecule has 0 spiro atoms. The largest absolute Gasteiger partial charge is 0.497 e. The first-order valence-corrected chi connectivity index (χ1v) is 11.4. The smallest absolute Gasteiger partial charge is 0.223 e. The normalized spacial score (nSPS) is 15.8. The lowest BCUT2D eigenvalue weighted by molar-refractivity contribution is -0.126. The van der Waals surface area contributed by atoms with Crippen LogP contribution in [0.25, 0.3) is 0 Å². The molecule has 1 aliphatic heterocycles. The monoisotopic (exact) mass is 416 g/mol. The maximum absolute atomic E-state index is 12.7. The Kier molecular flexibility index (Phi) is 6.92. The molecule has 3 rings (SSSR count). The molecule has 2 aromatic rings. The minimum absolute atomic E-state index is 0.00299. The quantitative estimate of drug-likeness (QED) is 0.753. The van der Waals surface area contributed by atoms with Crippen molar-refractivity contribution in [2.45, 2.75) is 32.1 Å². The molecule has 0 bridgehead atoms. The molecule has 7 heteroatoms. The fourth-order valence-electron chi connectivity index (χ4n) is 3.58. The number of nitrogens with one attached hydrogen (secondary N) is 1. The number of nitrogens with zero attached hydrogens (tertiary/aromatic N) is 1. The van der Waals surface area contributed by atoms with E-state index in [1.165, 1.54) is 4.31 Å². The van der Waals surface area contributed by atoms with Gasteiger partial charge in [0.15, 0.2) is 0 Å². The Balaban J connectivity index is 1.49. The summed E-state index contributed by atoms with van der Waals surface area (Å²) in [6, 6.07) is 15.1. The number of rotatable bonds is 7. The predicted octanol–water partition coefficient (Wildman–Crippen LogP) is 2.86. The number of methoxy groups -OCH3 is 1. The first-order valence-electron chi connectivity index (χ1n) is 9.81. The number of piperidine rings is 1. The summed E-state index contributed by atoms with van der Waals surface area (Å²) in [6.07, 6.45) is 1.09. The number of benzene rings is 2. The van der Waals surface area contributed by atoms with Crippen LogP contribution in [0.2, 0.25) is 0 Å². The molecule has 0 atom stereocenters. The topological polar surface area (TPSA) is 75.7 Å². The van der Waals surface area contributed by atoms with Gasteiger partial charge in [-0.05, 0) is 43.0 Å². The van der Waals surface area contributed by atoms with Crippen LogP contribution in [0.1, 0.15) is 29.5 Å². The van der Waals surface area contributed by atoms with Crippen LogP contribution >= 0.6 is 0 Å². The van der Waals surface area contributed by atoms with E-state index in [9.17, 15) is 13.2 Å². The van der Waals surface area contributed by atoms with E-state index in [2.05, 4.69) is 5.32 Å². The zero-order valence-corrected chi connectivity index (χ0v) is 17.7. The highest BCUT2D eigenvalue weighted by Crippen LogP contribution is 2.22. The van der Waals surface area contributed by atoms with Crippen LogP contribution in [0.4, 0.5) is 0 Å². The fraction of sp³-hybridized carbons (Fsp3) is 0.409. The van der Waals surface area contributed by atoms with Gasteiger partial charge >= 0.3 is 0 Å². The molecule has 0 unspecified atom stereocenters. The summed E-state index contributed by atoms with van der Waals surface area (Å²) in [5.74, 6) is 0.609. The zero-order valence-electron chi connectivity index (χ0n) is 16.9. The van der Waals surface area contributed by atoms with E-state index in [0.29, 0.717) is 32.5 Å². The van der Waals surface area contributed by atoms with Crippen LogP contribution < -0.4 is 10.1 Å². The molecule has 1 saturated heterocycles. The lowest BCUT2D eigenvalue weighted by Crippen LogP contribution is -2.43. The van der Waals surface area contributed by atoms with Gasteiger partial charge in [-0.1, -0.05) is 42.0 Å². The Morgan fingerprint density at radius 1 is 1.10 bits per heavy atom. The Labute approximate surface area is 172 Å². The third-order valence-electron chi connectivity index (χ3n) is 5.28. The van der Waals surface area contributed by atoms with Crippen LogP contribution in [-0.4, -0.2) is 38.8 Å². The first kappa shape index (κ1) is 21.3. The summed E-state index contributed by atoms with van der Waals surface area (Å²) >= 11 is 0. The second-order valence-corrected chi connectivity index (χ2v) is 9.45. The van der Waals surface area contributed by atoms with Gasteiger partial charge in [0.2, 0.25) is 15.9 Å². The van der Waals surface area contributed by atoms with Crippen LogP contribution in [-0.2, 0) is 27.1 Å². The van der Waals surface area contributed by atoms with Crippen molar-refractivity contribution in [3.63, 3.8) is 0 Å². The highest BCUT2D eigenvalue weighted by Gasteiger charge is 2.31. The zero-order chi connectivity index (χ0) is 20.9. The highest BCUT2D eigenvalue weighted by molar-refractivity contribution is 7.88. The molecule has 1 amide bonds.